The maximum absolute atomic E-state index is 9.73. The number of hydrogen-bond donors (Lipinski definition) is 0. The van der Waals surface area contributed by atoms with Crippen molar-refractivity contribution in [2.75, 3.05) is 37.1 Å². The van der Waals surface area contributed by atoms with Crippen molar-refractivity contribution in [3.8, 4) is 17.8 Å². The van der Waals surface area contributed by atoms with Crippen molar-refractivity contribution in [2.24, 2.45) is 0 Å². The summed E-state index contributed by atoms with van der Waals surface area (Å²) in [6.45, 7) is 2.62. The molecule has 5 heterocycles. The Balaban J connectivity index is 1.47. The van der Waals surface area contributed by atoms with Crippen LogP contribution >= 0.6 is 0 Å². The molecule has 0 bridgehead atoms. The third-order valence-corrected chi connectivity index (χ3v) is 5.92. The van der Waals surface area contributed by atoms with Crippen LogP contribution in [0.25, 0.3) is 0 Å². The summed E-state index contributed by atoms with van der Waals surface area (Å²) in [4.78, 5) is 26.4. The normalized spacial score (nSPS) is 14.9. The number of fused-ring (bicyclic) bond motifs is 2. The van der Waals surface area contributed by atoms with Gasteiger partial charge in [0.25, 0.3) is 0 Å². The fourth-order valence-electron chi connectivity index (χ4n) is 4.30. The molecule has 0 fully saturated rings. The molecular formula is C22H22N8O2. The highest BCUT2D eigenvalue weighted by atomic mass is 16.5. The number of nitrogens with zero attached hydrogens (tertiary/aromatic N) is 8. The first kappa shape index (κ1) is 19.9. The molecule has 0 atom stereocenters. The third-order valence-electron chi connectivity index (χ3n) is 5.92. The molecule has 0 radical (unpaired) electrons. The summed E-state index contributed by atoms with van der Waals surface area (Å²) in [5, 5.41) is 9.73. The summed E-state index contributed by atoms with van der Waals surface area (Å²) in [7, 11) is 3.22. The predicted octanol–water partition coefficient (Wildman–Crippen LogP) is 1.68. The van der Waals surface area contributed by atoms with Crippen LogP contribution in [0.15, 0.2) is 24.8 Å². The molecule has 0 aliphatic carbocycles. The number of ether oxygens (including phenoxy) is 2. The average molecular weight is 430 g/mol. The molecule has 10 nitrogen and oxygen atoms in total. The second-order valence-electron chi connectivity index (χ2n) is 7.61. The smallest absolute Gasteiger partial charge is 0.221 e. The Bertz CT molecular complexity index is 1180. The van der Waals surface area contributed by atoms with Crippen molar-refractivity contribution < 1.29 is 9.47 Å². The lowest BCUT2D eigenvalue weighted by atomic mass is 10.1. The van der Waals surface area contributed by atoms with Gasteiger partial charge in [-0.2, -0.15) is 5.26 Å². The largest absolute Gasteiger partial charge is 0.481 e. The number of nitriles is 1. The predicted molar refractivity (Wildman–Crippen MR) is 116 cm³/mol. The van der Waals surface area contributed by atoms with Crippen LogP contribution in [-0.4, -0.2) is 52.2 Å². The van der Waals surface area contributed by atoms with Crippen molar-refractivity contribution in [3.05, 3.63) is 52.9 Å². The van der Waals surface area contributed by atoms with Crippen LogP contribution in [0.5, 0.6) is 11.8 Å². The molecule has 2 aliphatic rings. The van der Waals surface area contributed by atoms with Crippen LogP contribution < -0.4 is 19.3 Å². The van der Waals surface area contributed by atoms with Gasteiger partial charge in [0.15, 0.2) is 0 Å². The van der Waals surface area contributed by atoms with E-state index < -0.39 is 0 Å². The van der Waals surface area contributed by atoms with E-state index in [1.807, 2.05) is 12.1 Å². The number of hydrogen-bond acceptors (Lipinski definition) is 10. The number of aromatic nitrogens is 5. The first-order valence-electron chi connectivity index (χ1n) is 10.4. The van der Waals surface area contributed by atoms with Gasteiger partial charge in [-0.3, -0.25) is 0 Å². The van der Waals surface area contributed by atoms with E-state index in [1.54, 1.807) is 14.2 Å². The number of rotatable bonds is 4. The first-order chi connectivity index (χ1) is 15.7. The molecule has 0 aromatic carbocycles. The molecule has 0 saturated carbocycles. The van der Waals surface area contributed by atoms with Crippen LogP contribution in [-0.2, 0) is 25.9 Å². The van der Waals surface area contributed by atoms with Crippen LogP contribution in [0.1, 0.15) is 28.1 Å². The first-order valence-corrected chi connectivity index (χ1v) is 10.4. The van der Waals surface area contributed by atoms with Crippen LogP contribution in [0, 0.1) is 11.3 Å². The third kappa shape index (κ3) is 3.41. The summed E-state index contributed by atoms with van der Waals surface area (Å²) < 4.78 is 10.9. The summed E-state index contributed by atoms with van der Waals surface area (Å²) in [6.07, 6.45) is 4.57. The number of methoxy groups -OCH3 is 2. The van der Waals surface area contributed by atoms with Crippen molar-refractivity contribution >= 4 is 11.6 Å². The summed E-state index contributed by atoms with van der Waals surface area (Å²) in [5.74, 6) is 2.61. The molecule has 2 aliphatic heterocycles. The van der Waals surface area contributed by atoms with Crippen molar-refractivity contribution in [2.45, 2.75) is 25.9 Å². The quantitative estimate of drug-likeness (QED) is 0.606. The maximum atomic E-state index is 9.73. The van der Waals surface area contributed by atoms with Crippen molar-refractivity contribution in [1.29, 1.82) is 5.26 Å². The van der Waals surface area contributed by atoms with Gasteiger partial charge in [0, 0.05) is 25.9 Å². The standard InChI is InChI=1S/C22H22N8O2/c1-31-21-15-10-29(7-5-17(15)24-12-26-21)19-4-3-14(9-23)20(28-19)30-8-6-18-16(11-30)22(32-2)27-13-25-18/h3-4,12-13H,5-8,10-11H2,1-2H3. The molecule has 10 heteroatoms. The molecule has 32 heavy (non-hydrogen) atoms. The minimum absolute atomic E-state index is 0.534. The lowest BCUT2D eigenvalue weighted by Crippen LogP contribution is -2.35. The van der Waals surface area contributed by atoms with Gasteiger partial charge >= 0.3 is 0 Å². The highest BCUT2D eigenvalue weighted by Gasteiger charge is 2.27. The molecule has 0 N–H and O–H groups in total. The van der Waals surface area contributed by atoms with Crippen LogP contribution in [0.4, 0.5) is 11.6 Å². The monoisotopic (exact) mass is 430 g/mol. The van der Waals surface area contributed by atoms with Gasteiger partial charge in [-0.15, -0.1) is 0 Å². The van der Waals surface area contributed by atoms with E-state index in [2.05, 4.69) is 35.8 Å². The second kappa shape index (κ2) is 8.26. The fourth-order valence-corrected chi connectivity index (χ4v) is 4.30. The topological polar surface area (TPSA) is 113 Å². The van der Waals surface area contributed by atoms with Crippen molar-refractivity contribution in [1.82, 2.24) is 24.9 Å². The van der Waals surface area contributed by atoms with Gasteiger partial charge in [0.1, 0.15) is 30.4 Å². The second-order valence-corrected chi connectivity index (χ2v) is 7.61. The van der Waals surface area contributed by atoms with Gasteiger partial charge in [0.2, 0.25) is 11.8 Å². The molecule has 3 aromatic rings. The summed E-state index contributed by atoms with van der Waals surface area (Å²) >= 11 is 0. The fraction of sp³-hybridized carbons (Fsp3) is 0.364. The lowest BCUT2D eigenvalue weighted by molar-refractivity contribution is 0.387. The van der Waals surface area contributed by atoms with E-state index in [9.17, 15) is 5.26 Å². The Kier molecular flexibility index (Phi) is 5.15. The minimum atomic E-state index is 0.534. The molecule has 5 rings (SSSR count). The average Bonchev–Trinajstić information content (AvgIpc) is 2.86. The molecule has 0 unspecified atom stereocenters. The summed E-state index contributed by atoms with van der Waals surface area (Å²) in [6, 6.07) is 6.01. The van der Waals surface area contributed by atoms with Gasteiger partial charge in [0.05, 0.1) is 55.4 Å². The maximum Gasteiger partial charge on any atom is 0.221 e. The Labute approximate surface area is 185 Å². The Morgan fingerprint density at radius 2 is 1.44 bits per heavy atom. The molecule has 0 saturated heterocycles. The van der Waals surface area contributed by atoms with Crippen molar-refractivity contribution in [3.63, 3.8) is 0 Å². The number of pyridine rings is 1. The van der Waals surface area contributed by atoms with E-state index in [1.165, 1.54) is 12.7 Å². The van der Waals surface area contributed by atoms with E-state index in [-0.39, 0.29) is 0 Å². The molecule has 3 aromatic heterocycles. The Hall–Kier alpha value is -4.00. The molecular weight excluding hydrogens is 408 g/mol. The van der Waals surface area contributed by atoms with Crippen LogP contribution in [0.2, 0.25) is 0 Å². The SMILES string of the molecule is COc1ncnc2c1CN(c1ccc(C#N)c(N3CCc4ncnc(OC)c4C3)n1)CC2. The zero-order chi connectivity index (χ0) is 22.1. The molecule has 0 amide bonds. The van der Waals surface area contributed by atoms with Gasteiger partial charge < -0.3 is 19.3 Å². The molecule has 162 valence electrons. The van der Waals surface area contributed by atoms with E-state index in [4.69, 9.17) is 14.5 Å². The van der Waals surface area contributed by atoms with Gasteiger partial charge in [-0.1, -0.05) is 0 Å². The van der Waals surface area contributed by atoms with Gasteiger partial charge in [-0.05, 0) is 12.1 Å². The highest BCUT2D eigenvalue weighted by Crippen LogP contribution is 2.32. The minimum Gasteiger partial charge on any atom is -0.481 e. The van der Waals surface area contributed by atoms with E-state index in [0.29, 0.717) is 42.8 Å². The lowest BCUT2D eigenvalue weighted by Gasteiger charge is -2.33. The Morgan fingerprint density at radius 3 is 2.03 bits per heavy atom. The van der Waals surface area contributed by atoms with E-state index >= 15 is 0 Å². The van der Waals surface area contributed by atoms with Crippen LogP contribution in [0.3, 0.4) is 0 Å². The highest BCUT2D eigenvalue weighted by molar-refractivity contribution is 5.61. The van der Waals surface area contributed by atoms with Gasteiger partial charge in [-0.25, -0.2) is 24.9 Å². The molecule has 0 spiro atoms. The zero-order valence-electron chi connectivity index (χ0n) is 17.9. The number of anilines is 2. The summed E-state index contributed by atoms with van der Waals surface area (Å²) in [5.41, 5.74) is 4.42. The Morgan fingerprint density at radius 1 is 0.844 bits per heavy atom. The van der Waals surface area contributed by atoms with E-state index in [0.717, 1.165) is 47.7 Å². The zero-order valence-corrected chi connectivity index (χ0v) is 17.9.